The van der Waals surface area contributed by atoms with E-state index in [2.05, 4.69) is 10.5 Å². The Kier molecular flexibility index (Phi) is 4.66. The topological polar surface area (TPSA) is 87.7 Å². The molecule has 0 radical (unpaired) electrons. The van der Waals surface area contributed by atoms with Crippen LogP contribution in [0.5, 0.6) is 0 Å². The van der Waals surface area contributed by atoms with Crippen molar-refractivity contribution >= 4 is 11.7 Å². The highest BCUT2D eigenvalue weighted by molar-refractivity contribution is 5.89. The lowest BCUT2D eigenvalue weighted by atomic mass is 9.86. The first kappa shape index (κ1) is 14.2. The van der Waals surface area contributed by atoms with E-state index in [1.807, 2.05) is 6.92 Å². The number of fused-ring (bicyclic) bond motifs is 2. The van der Waals surface area contributed by atoms with Gasteiger partial charge >= 0.3 is 0 Å². The number of oxime groups is 1. The van der Waals surface area contributed by atoms with Gasteiger partial charge in [-0.1, -0.05) is 24.9 Å². The van der Waals surface area contributed by atoms with Crippen molar-refractivity contribution < 1.29 is 10.0 Å². The molecular weight excluding hydrogens is 242 g/mol. The molecule has 2 saturated carbocycles. The van der Waals surface area contributed by atoms with Gasteiger partial charge in [0.15, 0.2) is 5.84 Å². The van der Waals surface area contributed by atoms with E-state index in [9.17, 15) is 4.79 Å². The maximum absolute atomic E-state index is 12.1. The Morgan fingerprint density at radius 2 is 2.26 bits per heavy atom. The molecule has 5 heteroatoms. The van der Waals surface area contributed by atoms with Crippen LogP contribution in [0.4, 0.5) is 0 Å². The molecule has 0 saturated heterocycles. The summed E-state index contributed by atoms with van der Waals surface area (Å²) in [7, 11) is 0. The van der Waals surface area contributed by atoms with E-state index >= 15 is 0 Å². The molecule has 2 aliphatic rings. The van der Waals surface area contributed by atoms with E-state index in [0.29, 0.717) is 18.8 Å². The number of nitrogens with one attached hydrogen (secondary N) is 1. The molecule has 5 nitrogen and oxygen atoms in total. The number of nitrogens with zero attached hydrogens (tertiary/aromatic N) is 1. The Hall–Kier alpha value is -1.26. The van der Waals surface area contributed by atoms with Crippen molar-refractivity contribution in [1.82, 2.24) is 5.32 Å². The summed E-state index contributed by atoms with van der Waals surface area (Å²) >= 11 is 0. The van der Waals surface area contributed by atoms with E-state index in [-0.39, 0.29) is 17.8 Å². The SMILES string of the molecule is CCCC(NC(=O)CC1CC2CCC1C2)/C(N)=N/O. The average molecular weight is 267 g/mol. The average Bonchev–Trinajstić information content (AvgIpc) is 2.99. The van der Waals surface area contributed by atoms with Crippen LogP contribution >= 0.6 is 0 Å². The highest BCUT2D eigenvalue weighted by Gasteiger charge is 2.40. The Morgan fingerprint density at radius 3 is 2.79 bits per heavy atom. The summed E-state index contributed by atoms with van der Waals surface area (Å²) in [5.41, 5.74) is 5.61. The van der Waals surface area contributed by atoms with Crippen LogP contribution in [0.15, 0.2) is 5.16 Å². The van der Waals surface area contributed by atoms with Crippen molar-refractivity contribution in [3.05, 3.63) is 0 Å². The fraction of sp³-hybridized carbons (Fsp3) is 0.857. The van der Waals surface area contributed by atoms with Crippen LogP contribution in [0.2, 0.25) is 0 Å². The summed E-state index contributed by atoms with van der Waals surface area (Å²) in [6.45, 7) is 2.01. The number of amidine groups is 1. The molecule has 4 atom stereocenters. The zero-order chi connectivity index (χ0) is 13.8. The van der Waals surface area contributed by atoms with Crippen molar-refractivity contribution in [2.75, 3.05) is 0 Å². The van der Waals surface area contributed by atoms with Crippen molar-refractivity contribution in [3.63, 3.8) is 0 Å². The third-order valence-electron chi connectivity index (χ3n) is 4.72. The largest absolute Gasteiger partial charge is 0.409 e. The predicted octanol–water partition coefficient (Wildman–Crippen LogP) is 1.84. The maximum atomic E-state index is 12.1. The smallest absolute Gasteiger partial charge is 0.220 e. The van der Waals surface area contributed by atoms with Gasteiger partial charge in [-0.25, -0.2) is 0 Å². The molecule has 2 rings (SSSR count). The maximum Gasteiger partial charge on any atom is 0.220 e. The highest BCUT2D eigenvalue weighted by atomic mass is 16.4. The molecule has 108 valence electrons. The van der Waals surface area contributed by atoms with E-state index in [0.717, 1.165) is 18.3 Å². The lowest BCUT2D eigenvalue weighted by Gasteiger charge is -2.23. The number of nitrogens with two attached hydrogens (primary N) is 1. The van der Waals surface area contributed by atoms with Crippen molar-refractivity contribution in [2.24, 2.45) is 28.6 Å². The van der Waals surface area contributed by atoms with Gasteiger partial charge in [-0.05, 0) is 43.4 Å². The number of hydrogen-bond acceptors (Lipinski definition) is 3. The zero-order valence-corrected chi connectivity index (χ0v) is 11.6. The Labute approximate surface area is 114 Å². The van der Waals surface area contributed by atoms with Gasteiger partial charge < -0.3 is 16.3 Å². The molecule has 0 spiro atoms. The minimum absolute atomic E-state index is 0.0441. The quantitative estimate of drug-likeness (QED) is 0.297. The molecule has 0 aliphatic heterocycles. The predicted molar refractivity (Wildman–Crippen MR) is 73.8 cm³/mol. The van der Waals surface area contributed by atoms with Crippen LogP contribution in [0, 0.1) is 17.8 Å². The summed E-state index contributed by atoms with van der Waals surface area (Å²) in [6, 6.07) is -0.332. The molecule has 4 N–H and O–H groups in total. The molecule has 0 aromatic carbocycles. The first-order valence-corrected chi connectivity index (χ1v) is 7.40. The van der Waals surface area contributed by atoms with E-state index in [1.165, 1.54) is 25.7 Å². The molecule has 19 heavy (non-hydrogen) atoms. The molecular formula is C14H25N3O2. The molecule has 1 amide bonds. The standard InChI is InChI=1S/C14H25N3O2/c1-2-3-12(14(15)17-19)16-13(18)8-11-7-9-4-5-10(11)6-9/h9-12,19H,2-8H2,1H3,(H2,15,17)(H,16,18). The third-order valence-corrected chi connectivity index (χ3v) is 4.72. The van der Waals surface area contributed by atoms with Crippen molar-refractivity contribution in [1.29, 1.82) is 0 Å². The Bertz CT molecular complexity index is 357. The summed E-state index contributed by atoms with van der Waals surface area (Å²) in [4.78, 5) is 12.1. The molecule has 0 aromatic heterocycles. The summed E-state index contributed by atoms with van der Waals surface area (Å²) in [6.07, 6.45) is 7.36. The van der Waals surface area contributed by atoms with Crippen molar-refractivity contribution in [2.45, 2.75) is 57.9 Å². The van der Waals surface area contributed by atoms with E-state index in [4.69, 9.17) is 10.9 Å². The molecule has 0 heterocycles. The fourth-order valence-corrected chi connectivity index (χ4v) is 3.77. The Balaban J connectivity index is 1.82. The van der Waals surface area contributed by atoms with Crippen molar-refractivity contribution in [3.8, 4) is 0 Å². The van der Waals surface area contributed by atoms with Gasteiger partial charge in [-0.15, -0.1) is 0 Å². The van der Waals surface area contributed by atoms with Crippen LogP contribution in [-0.2, 0) is 4.79 Å². The van der Waals surface area contributed by atoms with Crippen LogP contribution < -0.4 is 11.1 Å². The van der Waals surface area contributed by atoms with E-state index < -0.39 is 0 Å². The van der Waals surface area contributed by atoms with Crippen LogP contribution in [0.1, 0.15) is 51.9 Å². The number of amides is 1. The fourth-order valence-electron chi connectivity index (χ4n) is 3.77. The molecule has 0 aromatic rings. The molecule has 4 unspecified atom stereocenters. The number of rotatable bonds is 6. The highest BCUT2D eigenvalue weighted by Crippen LogP contribution is 2.49. The van der Waals surface area contributed by atoms with Crippen LogP contribution in [0.25, 0.3) is 0 Å². The van der Waals surface area contributed by atoms with Gasteiger partial charge in [-0.2, -0.15) is 0 Å². The number of carbonyl (C=O) groups excluding carboxylic acids is 1. The number of hydrogen-bond donors (Lipinski definition) is 3. The summed E-state index contributed by atoms with van der Waals surface area (Å²) in [5.74, 6) is 2.31. The molecule has 2 bridgehead atoms. The van der Waals surface area contributed by atoms with Gasteiger partial charge in [0.1, 0.15) is 0 Å². The second kappa shape index (κ2) is 6.26. The van der Waals surface area contributed by atoms with Gasteiger partial charge in [-0.3, -0.25) is 4.79 Å². The second-order valence-electron chi connectivity index (χ2n) is 6.07. The normalized spacial score (nSPS) is 31.4. The third kappa shape index (κ3) is 3.39. The molecule has 2 fully saturated rings. The lowest BCUT2D eigenvalue weighted by Crippen LogP contribution is -2.45. The minimum atomic E-state index is -0.332. The minimum Gasteiger partial charge on any atom is -0.409 e. The monoisotopic (exact) mass is 267 g/mol. The van der Waals surface area contributed by atoms with Gasteiger partial charge in [0.05, 0.1) is 6.04 Å². The molecule has 2 aliphatic carbocycles. The summed E-state index contributed by atoms with van der Waals surface area (Å²) < 4.78 is 0. The first-order valence-electron chi connectivity index (χ1n) is 7.40. The lowest BCUT2D eigenvalue weighted by molar-refractivity contribution is -0.122. The van der Waals surface area contributed by atoms with Gasteiger partial charge in [0.2, 0.25) is 5.91 Å². The van der Waals surface area contributed by atoms with Gasteiger partial charge in [0, 0.05) is 6.42 Å². The van der Waals surface area contributed by atoms with Crippen LogP contribution in [0.3, 0.4) is 0 Å². The summed E-state index contributed by atoms with van der Waals surface area (Å²) in [5, 5.41) is 14.6. The zero-order valence-electron chi connectivity index (χ0n) is 11.6. The van der Waals surface area contributed by atoms with E-state index in [1.54, 1.807) is 0 Å². The first-order chi connectivity index (χ1) is 9.13. The second-order valence-corrected chi connectivity index (χ2v) is 6.07. The Morgan fingerprint density at radius 1 is 1.47 bits per heavy atom. The van der Waals surface area contributed by atoms with Gasteiger partial charge in [0.25, 0.3) is 0 Å². The number of carbonyl (C=O) groups is 1. The van der Waals surface area contributed by atoms with Crippen LogP contribution in [-0.4, -0.2) is 23.0 Å².